The second kappa shape index (κ2) is 5.57. The topological polar surface area (TPSA) is 36.9 Å². The first-order valence-electron chi connectivity index (χ1n) is 5.63. The Kier molecular flexibility index (Phi) is 4.04. The SMILES string of the molecule is COc1ccc(OC)c2c(OC)c(Br)cc(OC)c12. The van der Waals surface area contributed by atoms with Crippen LogP contribution >= 0.6 is 15.9 Å². The minimum Gasteiger partial charge on any atom is -0.496 e. The predicted octanol–water partition coefficient (Wildman–Crippen LogP) is 3.64. The highest BCUT2D eigenvalue weighted by Gasteiger charge is 2.19. The van der Waals surface area contributed by atoms with Crippen LogP contribution < -0.4 is 18.9 Å². The summed E-state index contributed by atoms with van der Waals surface area (Å²) in [4.78, 5) is 0. The molecule has 0 atom stereocenters. The number of fused-ring (bicyclic) bond motifs is 1. The first-order valence-corrected chi connectivity index (χ1v) is 6.42. The van der Waals surface area contributed by atoms with Crippen LogP contribution in [0.2, 0.25) is 0 Å². The van der Waals surface area contributed by atoms with Gasteiger partial charge in [0.2, 0.25) is 0 Å². The summed E-state index contributed by atoms with van der Waals surface area (Å²) in [6, 6.07) is 5.54. The molecule has 0 aliphatic carbocycles. The van der Waals surface area contributed by atoms with E-state index in [9.17, 15) is 0 Å². The fraction of sp³-hybridized carbons (Fsp3) is 0.286. The van der Waals surface area contributed by atoms with Crippen LogP contribution in [-0.2, 0) is 0 Å². The minimum absolute atomic E-state index is 0.687. The Morgan fingerprint density at radius 1 is 0.737 bits per heavy atom. The van der Waals surface area contributed by atoms with Crippen LogP contribution in [0.1, 0.15) is 0 Å². The van der Waals surface area contributed by atoms with Crippen LogP contribution in [0, 0.1) is 0 Å². The normalized spacial score (nSPS) is 10.4. The maximum Gasteiger partial charge on any atom is 0.145 e. The maximum atomic E-state index is 5.46. The van der Waals surface area contributed by atoms with Gasteiger partial charge in [-0.05, 0) is 34.1 Å². The molecule has 2 rings (SSSR count). The quantitative estimate of drug-likeness (QED) is 0.859. The highest BCUT2D eigenvalue weighted by molar-refractivity contribution is 9.10. The second-order valence-corrected chi connectivity index (χ2v) is 4.67. The molecule has 0 aromatic heterocycles. The Hall–Kier alpha value is -1.62. The molecule has 0 saturated carbocycles. The highest BCUT2D eigenvalue weighted by atomic mass is 79.9. The van der Waals surface area contributed by atoms with Gasteiger partial charge in [-0.15, -0.1) is 0 Å². The Morgan fingerprint density at radius 2 is 1.26 bits per heavy atom. The van der Waals surface area contributed by atoms with Crippen molar-refractivity contribution < 1.29 is 18.9 Å². The zero-order valence-electron chi connectivity index (χ0n) is 11.2. The molecule has 0 fully saturated rings. The number of benzene rings is 2. The van der Waals surface area contributed by atoms with Crippen molar-refractivity contribution in [2.24, 2.45) is 0 Å². The van der Waals surface area contributed by atoms with Crippen molar-refractivity contribution in [2.45, 2.75) is 0 Å². The third kappa shape index (κ3) is 2.18. The average molecular weight is 327 g/mol. The molecule has 0 amide bonds. The minimum atomic E-state index is 0.687. The Morgan fingerprint density at radius 3 is 1.74 bits per heavy atom. The van der Waals surface area contributed by atoms with Gasteiger partial charge >= 0.3 is 0 Å². The molecule has 4 nitrogen and oxygen atoms in total. The van der Waals surface area contributed by atoms with Gasteiger partial charge in [0.25, 0.3) is 0 Å². The van der Waals surface area contributed by atoms with Crippen molar-refractivity contribution in [3.05, 3.63) is 22.7 Å². The molecule has 0 aliphatic heterocycles. The van der Waals surface area contributed by atoms with Crippen LogP contribution in [0.25, 0.3) is 10.8 Å². The van der Waals surface area contributed by atoms with E-state index in [1.165, 1.54) is 0 Å². The van der Waals surface area contributed by atoms with Crippen molar-refractivity contribution in [1.82, 2.24) is 0 Å². The number of ether oxygens (including phenoxy) is 4. The third-order valence-corrected chi connectivity index (χ3v) is 3.53. The van der Waals surface area contributed by atoms with Crippen molar-refractivity contribution in [3.63, 3.8) is 0 Å². The molecule has 0 unspecified atom stereocenters. The molecular weight excluding hydrogens is 312 g/mol. The number of hydrogen-bond donors (Lipinski definition) is 0. The van der Waals surface area contributed by atoms with Crippen LogP contribution in [-0.4, -0.2) is 28.4 Å². The van der Waals surface area contributed by atoms with E-state index in [1.807, 2.05) is 18.2 Å². The van der Waals surface area contributed by atoms with E-state index in [0.717, 1.165) is 15.2 Å². The monoisotopic (exact) mass is 326 g/mol. The van der Waals surface area contributed by atoms with Gasteiger partial charge in [0, 0.05) is 0 Å². The summed E-state index contributed by atoms with van der Waals surface area (Å²) in [6.07, 6.45) is 0. The molecule has 0 radical (unpaired) electrons. The van der Waals surface area contributed by atoms with E-state index < -0.39 is 0 Å². The van der Waals surface area contributed by atoms with E-state index in [2.05, 4.69) is 15.9 Å². The summed E-state index contributed by atoms with van der Waals surface area (Å²) < 4.78 is 22.5. The van der Waals surface area contributed by atoms with Gasteiger partial charge in [-0.3, -0.25) is 0 Å². The lowest BCUT2D eigenvalue weighted by molar-refractivity contribution is 0.391. The first-order chi connectivity index (χ1) is 9.17. The first kappa shape index (κ1) is 13.8. The van der Waals surface area contributed by atoms with Gasteiger partial charge in [-0.2, -0.15) is 0 Å². The Labute approximate surface area is 120 Å². The molecule has 102 valence electrons. The van der Waals surface area contributed by atoms with E-state index in [0.29, 0.717) is 23.0 Å². The van der Waals surface area contributed by atoms with Crippen LogP contribution in [0.15, 0.2) is 22.7 Å². The van der Waals surface area contributed by atoms with Gasteiger partial charge in [0.15, 0.2) is 0 Å². The zero-order chi connectivity index (χ0) is 14.0. The van der Waals surface area contributed by atoms with Crippen molar-refractivity contribution in [1.29, 1.82) is 0 Å². The molecule has 2 aromatic rings. The summed E-state index contributed by atoms with van der Waals surface area (Å²) in [5.41, 5.74) is 0. The maximum absolute atomic E-state index is 5.46. The highest BCUT2D eigenvalue weighted by Crippen LogP contribution is 2.47. The van der Waals surface area contributed by atoms with Crippen LogP contribution in [0.3, 0.4) is 0 Å². The Bertz CT molecular complexity index is 610. The van der Waals surface area contributed by atoms with Gasteiger partial charge in [0.05, 0.1) is 43.7 Å². The van der Waals surface area contributed by atoms with Crippen molar-refractivity contribution >= 4 is 26.7 Å². The smallest absolute Gasteiger partial charge is 0.145 e. The predicted molar refractivity (Wildman–Crippen MR) is 77.9 cm³/mol. The lowest BCUT2D eigenvalue weighted by atomic mass is 10.1. The molecule has 0 heterocycles. The summed E-state index contributed by atoms with van der Waals surface area (Å²) >= 11 is 3.48. The lowest BCUT2D eigenvalue weighted by Gasteiger charge is -2.16. The molecule has 19 heavy (non-hydrogen) atoms. The molecule has 5 heteroatoms. The molecular formula is C14H15BrO4. The lowest BCUT2D eigenvalue weighted by Crippen LogP contribution is -1.96. The van der Waals surface area contributed by atoms with Gasteiger partial charge < -0.3 is 18.9 Å². The van der Waals surface area contributed by atoms with Crippen molar-refractivity contribution in [2.75, 3.05) is 28.4 Å². The van der Waals surface area contributed by atoms with Crippen LogP contribution in [0.4, 0.5) is 0 Å². The van der Waals surface area contributed by atoms with Gasteiger partial charge in [-0.25, -0.2) is 0 Å². The molecule has 0 N–H and O–H groups in total. The largest absolute Gasteiger partial charge is 0.496 e. The molecule has 0 bridgehead atoms. The van der Waals surface area contributed by atoms with E-state index in [4.69, 9.17) is 18.9 Å². The molecule has 0 aliphatic rings. The van der Waals surface area contributed by atoms with Crippen molar-refractivity contribution in [3.8, 4) is 23.0 Å². The second-order valence-electron chi connectivity index (χ2n) is 3.81. The van der Waals surface area contributed by atoms with E-state index in [-0.39, 0.29) is 0 Å². The zero-order valence-corrected chi connectivity index (χ0v) is 12.8. The number of methoxy groups -OCH3 is 4. The molecule has 2 aromatic carbocycles. The number of rotatable bonds is 4. The summed E-state index contributed by atoms with van der Waals surface area (Å²) in [5, 5.41) is 1.64. The van der Waals surface area contributed by atoms with E-state index >= 15 is 0 Å². The molecule has 0 spiro atoms. The fourth-order valence-electron chi connectivity index (χ4n) is 2.11. The third-order valence-electron chi connectivity index (χ3n) is 2.94. The van der Waals surface area contributed by atoms with Crippen LogP contribution in [0.5, 0.6) is 23.0 Å². The van der Waals surface area contributed by atoms with Gasteiger partial charge in [-0.1, -0.05) is 0 Å². The standard InChI is InChI=1S/C14H15BrO4/c1-16-9-5-6-10(17-2)13-12(9)11(18-3)7-8(15)14(13)19-4/h5-7H,1-4H3. The number of halogens is 1. The van der Waals surface area contributed by atoms with Gasteiger partial charge in [0.1, 0.15) is 23.0 Å². The fourth-order valence-corrected chi connectivity index (χ4v) is 2.68. The molecule has 0 saturated heterocycles. The number of hydrogen-bond acceptors (Lipinski definition) is 4. The van der Waals surface area contributed by atoms with E-state index in [1.54, 1.807) is 28.4 Å². The average Bonchev–Trinajstić information content (AvgIpc) is 2.45. The summed E-state index contributed by atoms with van der Waals surface area (Å²) in [5.74, 6) is 2.79. The summed E-state index contributed by atoms with van der Waals surface area (Å²) in [7, 11) is 6.47. The summed E-state index contributed by atoms with van der Waals surface area (Å²) in [6.45, 7) is 0. The Balaban J connectivity index is 3.00.